The van der Waals surface area contributed by atoms with Crippen LogP contribution in [0.15, 0.2) is 18.2 Å². The largest absolute Gasteiger partial charge is 0.487 e. The molecule has 0 bridgehead atoms. The third-order valence-corrected chi connectivity index (χ3v) is 3.93. The van der Waals surface area contributed by atoms with E-state index >= 15 is 0 Å². The Labute approximate surface area is 125 Å². The highest BCUT2D eigenvalue weighted by Gasteiger charge is 2.23. The molecule has 1 aromatic carbocycles. The number of nitro benzene ring substituents is 1. The third-order valence-electron chi connectivity index (χ3n) is 3.93. The van der Waals surface area contributed by atoms with Crippen LogP contribution in [0.2, 0.25) is 0 Å². The highest BCUT2D eigenvalue weighted by molar-refractivity contribution is 5.68. The second-order valence-electron chi connectivity index (χ2n) is 5.35. The molecule has 1 unspecified atom stereocenters. The van der Waals surface area contributed by atoms with Gasteiger partial charge in [0.05, 0.1) is 11.5 Å². The highest BCUT2D eigenvalue weighted by atomic mass is 16.6. The van der Waals surface area contributed by atoms with Crippen LogP contribution < -0.4 is 10.1 Å². The van der Waals surface area contributed by atoms with Crippen LogP contribution in [0.3, 0.4) is 0 Å². The maximum atomic E-state index is 11.3. The van der Waals surface area contributed by atoms with Crippen molar-refractivity contribution < 1.29 is 9.66 Å². The number of nitrogens with zero attached hydrogens (tertiary/aromatic N) is 2. The molecule has 0 aromatic heterocycles. The number of anilines is 1. The number of nitrogens with one attached hydrogen (secondary N) is 1. The Hall–Kier alpha value is -1.82. The van der Waals surface area contributed by atoms with Crippen molar-refractivity contribution in [2.24, 2.45) is 0 Å². The molecule has 1 aromatic rings. The zero-order valence-corrected chi connectivity index (χ0v) is 12.7. The topological polar surface area (TPSA) is 67.6 Å². The van der Waals surface area contributed by atoms with E-state index in [9.17, 15) is 10.1 Å². The molecule has 2 rings (SSSR count). The average molecular weight is 293 g/mol. The molecule has 0 aliphatic carbocycles. The van der Waals surface area contributed by atoms with Crippen LogP contribution >= 0.6 is 0 Å². The summed E-state index contributed by atoms with van der Waals surface area (Å²) in [5.74, 6) is 0.324. The van der Waals surface area contributed by atoms with Gasteiger partial charge in [0, 0.05) is 12.6 Å². The summed E-state index contributed by atoms with van der Waals surface area (Å²) in [5.41, 5.74) is 0.558. The summed E-state index contributed by atoms with van der Waals surface area (Å²) >= 11 is 0. The number of ether oxygens (including phenoxy) is 1. The number of hydrogen-bond donors (Lipinski definition) is 1. The molecule has 1 N–H and O–H groups in total. The van der Waals surface area contributed by atoms with Gasteiger partial charge in [0.25, 0.3) is 0 Å². The van der Waals surface area contributed by atoms with Gasteiger partial charge in [-0.3, -0.25) is 10.1 Å². The molecule has 116 valence electrons. The minimum atomic E-state index is -0.377. The molecule has 1 aliphatic heterocycles. The number of hydrogen-bond acceptors (Lipinski definition) is 5. The molecular weight excluding hydrogens is 270 g/mol. The van der Waals surface area contributed by atoms with Gasteiger partial charge in [-0.25, -0.2) is 0 Å². The zero-order chi connectivity index (χ0) is 15.2. The van der Waals surface area contributed by atoms with Crippen molar-refractivity contribution in [2.45, 2.75) is 32.2 Å². The Morgan fingerprint density at radius 3 is 2.95 bits per heavy atom. The minimum absolute atomic E-state index is 0.0258. The monoisotopic (exact) mass is 293 g/mol. The lowest BCUT2D eigenvalue weighted by atomic mass is 10.0. The fourth-order valence-electron chi connectivity index (χ4n) is 2.76. The Bertz CT molecular complexity index is 493. The van der Waals surface area contributed by atoms with Gasteiger partial charge in [-0.05, 0) is 45.5 Å². The molecular formula is C15H23N3O3. The van der Waals surface area contributed by atoms with E-state index in [1.54, 1.807) is 18.2 Å². The van der Waals surface area contributed by atoms with Gasteiger partial charge >= 0.3 is 5.69 Å². The van der Waals surface area contributed by atoms with E-state index in [0.717, 1.165) is 13.0 Å². The van der Waals surface area contributed by atoms with Crippen LogP contribution in [-0.4, -0.2) is 42.6 Å². The third kappa shape index (κ3) is 3.85. The van der Waals surface area contributed by atoms with Crippen molar-refractivity contribution in [2.75, 3.05) is 32.1 Å². The lowest BCUT2D eigenvalue weighted by molar-refractivity contribution is -0.384. The lowest BCUT2D eigenvalue weighted by Crippen LogP contribution is -2.40. The summed E-state index contributed by atoms with van der Waals surface area (Å²) in [4.78, 5) is 13.2. The van der Waals surface area contributed by atoms with Crippen LogP contribution in [0.5, 0.6) is 5.75 Å². The predicted octanol–water partition coefficient (Wildman–Crippen LogP) is 2.89. The van der Waals surface area contributed by atoms with E-state index in [1.807, 2.05) is 6.92 Å². The molecule has 21 heavy (non-hydrogen) atoms. The summed E-state index contributed by atoms with van der Waals surface area (Å²) in [7, 11) is 2.11. The first kappa shape index (κ1) is 15.6. The number of likely N-dealkylation sites (N-methyl/N-ethyl adjacent to an activating group) is 1. The van der Waals surface area contributed by atoms with Crippen molar-refractivity contribution in [3.8, 4) is 5.75 Å². The highest BCUT2D eigenvalue weighted by Crippen LogP contribution is 2.34. The first-order chi connectivity index (χ1) is 10.1. The van der Waals surface area contributed by atoms with Crippen LogP contribution in [0.4, 0.5) is 11.4 Å². The standard InChI is InChI=1S/C15H23N3O3/c1-3-21-14-9-6-8-13(15(14)18(19)20)16-11-12-7-4-5-10-17(12)2/h6,8-9,12,16H,3-5,7,10-11H2,1-2H3. The fraction of sp³-hybridized carbons (Fsp3) is 0.600. The second kappa shape index (κ2) is 7.26. The van der Waals surface area contributed by atoms with Gasteiger partial charge in [-0.1, -0.05) is 12.5 Å². The molecule has 1 aliphatic rings. The summed E-state index contributed by atoms with van der Waals surface area (Å²) < 4.78 is 5.36. The van der Waals surface area contributed by atoms with Crippen molar-refractivity contribution in [1.29, 1.82) is 0 Å². The maximum Gasteiger partial charge on any atom is 0.333 e. The maximum absolute atomic E-state index is 11.3. The van der Waals surface area contributed by atoms with E-state index in [2.05, 4.69) is 17.3 Å². The Balaban J connectivity index is 2.11. The number of nitro groups is 1. The van der Waals surface area contributed by atoms with E-state index < -0.39 is 0 Å². The van der Waals surface area contributed by atoms with Crippen LogP contribution in [0, 0.1) is 10.1 Å². The van der Waals surface area contributed by atoms with E-state index in [4.69, 9.17) is 4.74 Å². The molecule has 1 saturated heterocycles. The fourth-order valence-corrected chi connectivity index (χ4v) is 2.76. The van der Waals surface area contributed by atoms with Gasteiger partial charge in [0.15, 0.2) is 5.75 Å². The molecule has 6 heteroatoms. The zero-order valence-electron chi connectivity index (χ0n) is 12.7. The molecule has 0 saturated carbocycles. The van der Waals surface area contributed by atoms with E-state index in [1.165, 1.54) is 12.8 Å². The van der Waals surface area contributed by atoms with Crippen molar-refractivity contribution in [1.82, 2.24) is 4.90 Å². The number of likely N-dealkylation sites (tertiary alicyclic amines) is 1. The smallest absolute Gasteiger partial charge is 0.333 e. The number of para-hydroxylation sites is 1. The summed E-state index contributed by atoms with van der Waals surface area (Å²) in [6, 6.07) is 5.59. The lowest BCUT2D eigenvalue weighted by Gasteiger charge is -2.32. The molecule has 0 spiro atoms. The quantitative estimate of drug-likeness (QED) is 0.645. The molecule has 1 fully saturated rings. The molecule has 1 atom stereocenters. The molecule has 1 heterocycles. The number of piperidine rings is 1. The van der Waals surface area contributed by atoms with Gasteiger partial charge < -0.3 is 15.0 Å². The van der Waals surface area contributed by atoms with Gasteiger partial charge in [0.2, 0.25) is 0 Å². The molecule has 6 nitrogen and oxygen atoms in total. The second-order valence-corrected chi connectivity index (χ2v) is 5.35. The summed E-state index contributed by atoms with van der Waals surface area (Å²) in [5, 5.41) is 14.5. The first-order valence-corrected chi connectivity index (χ1v) is 7.47. The van der Waals surface area contributed by atoms with Gasteiger partial charge in [-0.2, -0.15) is 0 Å². The average Bonchev–Trinajstić information content (AvgIpc) is 2.46. The van der Waals surface area contributed by atoms with Crippen molar-refractivity contribution in [3.05, 3.63) is 28.3 Å². The van der Waals surface area contributed by atoms with Crippen molar-refractivity contribution >= 4 is 11.4 Å². The van der Waals surface area contributed by atoms with Gasteiger partial charge in [-0.15, -0.1) is 0 Å². The van der Waals surface area contributed by atoms with Crippen LogP contribution in [0.25, 0.3) is 0 Å². The Kier molecular flexibility index (Phi) is 5.38. The molecule has 0 radical (unpaired) electrons. The van der Waals surface area contributed by atoms with Crippen LogP contribution in [0.1, 0.15) is 26.2 Å². The van der Waals surface area contributed by atoms with Crippen LogP contribution in [-0.2, 0) is 0 Å². The van der Waals surface area contributed by atoms with Gasteiger partial charge in [0.1, 0.15) is 5.69 Å². The first-order valence-electron chi connectivity index (χ1n) is 7.47. The summed E-state index contributed by atoms with van der Waals surface area (Å²) in [6.45, 7) is 4.04. The van der Waals surface area contributed by atoms with Crippen molar-refractivity contribution in [3.63, 3.8) is 0 Å². The normalized spacial score (nSPS) is 19.2. The SMILES string of the molecule is CCOc1cccc(NCC2CCCCN2C)c1[N+](=O)[O-]. The predicted molar refractivity (Wildman–Crippen MR) is 83.0 cm³/mol. The number of rotatable bonds is 6. The number of benzene rings is 1. The van der Waals surface area contributed by atoms with E-state index in [0.29, 0.717) is 30.6 Å². The molecule has 0 amide bonds. The van der Waals surface area contributed by atoms with E-state index in [-0.39, 0.29) is 10.6 Å². The Morgan fingerprint density at radius 1 is 1.48 bits per heavy atom. The minimum Gasteiger partial charge on any atom is -0.487 e. The Morgan fingerprint density at radius 2 is 2.29 bits per heavy atom. The summed E-state index contributed by atoms with van der Waals surface area (Å²) in [6.07, 6.45) is 3.58.